The number of hydrogen-bond acceptors (Lipinski definition) is 2. The summed E-state index contributed by atoms with van der Waals surface area (Å²) < 4.78 is 38.2. The van der Waals surface area contributed by atoms with Crippen molar-refractivity contribution in [3.63, 3.8) is 0 Å². The van der Waals surface area contributed by atoms with Crippen LogP contribution in [0, 0.1) is 0 Å². The number of halogens is 3. The van der Waals surface area contributed by atoms with Crippen molar-refractivity contribution in [3.8, 4) is 0 Å². The molecule has 0 heterocycles. The third-order valence-corrected chi connectivity index (χ3v) is 4.48. The lowest BCUT2D eigenvalue weighted by molar-refractivity contribution is -0.137. The third kappa shape index (κ3) is 6.79. The lowest BCUT2D eigenvalue weighted by atomic mass is 10.1. The molecule has 0 fully saturated rings. The molecule has 0 aliphatic carbocycles. The highest BCUT2D eigenvalue weighted by Gasteiger charge is 2.29. The van der Waals surface area contributed by atoms with Crippen LogP contribution in [0.3, 0.4) is 0 Å². The van der Waals surface area contributed by atoms with Gasteiger partial charge in [0.2, 0.25) is 0 Å². The maximum absolute atomic E-state index is 12.7. The van der Waals surface area contributed by atoms with E-state index in [2.05, 4.69) is 15.6 Å². The zero-order valence-electron chi connectivity index (χ0n) is 17.4. The molecule has 0 saturated heterocycles. The molecule has 8 heteroatoms. The Morgan fingerprint density at radius 1 is 1.10 bits per heavy atom. The summed E-state index contributed by atoms with van der Waals surface area (Å²) >= 11 is 0. The Kier molecular flexibility index (Phi) is 8.26. The molecule has 1 amide bonds. The molecule has 0 unspecified atom stereocenters. The molecule has 2 aromatic rings. The molecule has 5 nitrogen and oxygen atoms in total. The first-order valence-corrected chi connectivity index (χ1v) is 9.71. The lowest BCUT2D eigenvalue weighted by Crippen LogP contribution is -2.38. The third-order valence-electron chi connectivity index (χ3n) is 4.48. The van der Waals surface area contributed by atoms with E-state index in [4.69, 9.17) is 0 Å². The van der Waals surface area contributed by atoms with Gasteiger partial charge in [-0.1, -0.05) is 24.3 Å². The number of guanidine groups is 1. The van der Waals surface area contributed by atoms with Gasteiger partial charge in [-0.2, -0.15) is 13.2 Å². The van der Waals surface area contributed by atoms with E-state index >= 15 is 0 Å². The Bertz CT molecular complexity index is 863. The van der Waals surface area contributed by atoms with Crippen molar-refractivity contribution in [2.24, 2.45) is 4.99 Å². The van der Waals surface area contributed by atoms with Crippen LogP contribution in [-0.4, -0.2) is 44.0 Å². The fraction of sp³-hybridized carbons (Fsp3) is 0.364. The monoisotopic (exact) mass is 420 g/mol. The average molecular weight is 420 g/mol. The molecule has 2 rings (SSSR count). The number of carbonyl (C=O) groups is 1. The molecule has 0 bridgehead atoms. The molecule has 2 aromatic carbocycles. The number of hydrogen-bond donors (Lipinski definition) is 2. The summed E-state index contributed by atoms with van der Waals surface area (Å²) in [5.41, 5.74) is 1.70. The summed E-state index contributed by atoms with van der Waals surface area (Å²) in [6.45, 7) is 3.56. The maximum atomic E-state index is 12.7. The van der Waals surface area contributed by atoms with Crippen molar-refractivity contribution in [2.45, 2.75) is 26.1 Å². The van der Waals surface area contributed by atoms with Crippen molar-refractivity contribution in [1.29, 1.82) is 0 Å². The summed E-state index contributed by atoms with van der Waals surface area (Å²) in [4.78, 5) is 18.2. The van der Waals surface area contributed by atoms with Crippen LogP contribution in [0.25, 0.3) is 0 Å². The van der Waals surface area contributed by atoms with Crippen LogP contribution in [0.4, 0.5) is 13.2 Å². The van der Waals surface area contributed by atoms with Crippen LogP contribution in [0.15, 0.2) is 53.5 Å². The van der Waals surface area contributed by atoms with Crippen molar-refractivity contribution < 1.29 is 18.0 Å². The van der Waals surface area contributed by atoms with Crippen LogP contribution < -0.4 is 10.6 Å². The lowest BCUT2D eigenvalue weighted by Gasteiger charge is -2.22. The highest BCUT2D eigenvalue weighted by molar-refractivity contribution is 5.94. The highest BCUT2D eigenvalue weighted by atomic mass is 19.4. The molecular formula is C22H27F3N4O. The summed E-state index contributed by atoms with van der Waals surface area (Å²) in [5.74, 6) is 0.532. The number of nitrogens with zero attached hydrogens (tertiary/aromatic N) is 2. The van der Waals surface area contributed by atoms with Crippen molar-refractivity contribution in [3.05, 3.63) is 70.8 Å². The number of benzene rings is 2. The Hall–Kier alpha value is -3.03. The van der Waals surface area contributed by atoms with E-state index in [-0.39, 0.29) is 5.91 Å². The minimum atomic E-state index is -4.34. The van der Waals surface area contributed by atoms with Gasteiger partial charge in [-0.15, -0.1) is 0 Å². The Morgan fingerprint density at radius 2 is 1.80 bits per heavy atom. The number of aliphatic imine (C=N–C) groups is 1. The summed E-state index contributed by atoms with van der Waals surface area (Å²) in [7, 11) is 3.43. The Morgan fingerprint density at radius 3 is 2.40 bits per heavy atom. The van der Waals surface area contributed by atoms with E-state index in [9.17, 15) is 18.0 Å². The second kappa shape index (κ2) is 10.7. The van der Waals surface area contributed by atoms with E-state index < -0.39 is 11.7 Å². The molecular weight excluding hydrogens is 393 g/mol. The summed E-state index contributed by atoms with van der Waals surface area (Å²) in [5, 5.41) is 5.80. The predicted octanol–water partition coefficient (Wildman–Crippen LogP) is 3.71. The molecule has 30 heavy (non-hydrogen) atoms. The molecule has 0 radical (unpaired) electrons. The summed E-state index contributed by atoms with van der Waals surface area (Å²) in [6.07, 6.45) is -3.68. The van der Waals surface area contributed by atoms with Crippen molar-refractivity contribution >= 4 is 11.9 Å². The van der Waals surface area contributed by atoms with Gasteiger partial charge in [0.15, 0.2) is 5.96 Å². The number of nitrogens with one attached hydrogen (secondary N) is 2. The van der Waals surface area contributed by atoms with Gasteiger partial charge < -0.3 is 15.5 Å². The number of rotatable bonds is 7. The minimum absolute atomic E-state index is 0.134. The van der Waals surface area contributed by atoms with Gasteiger partial charge >= 0.3 is 6.18 Å². The van der Waals surface area contributed by atoms with Gasteiger partial charge in [0, 0.05) is 39.3 Å². The number of alkyl halides is 3. The Labute approximate surface area is 175 Å². The number of carbonyl (C=O) groups excluding carboxylic acids is 1. The van der Waals surface area contributed by atoms with Gasteiger partial charge in [-0.05, 0) is 48.7 Å². The zero-order chi connectivity index (χ0) is 22.1. The predicted molar refractivity (Wildman–Crippen MR) is 112 cm³/mol. The van der Waals surface area contributed by atoms with E-state index in [1.165, 1.54) is 12.1 Å². The van der Waals surface area contributed by atoms with Crippen molar-refractivity contribution in [1.82, 2.24) is 15.5 Å². The molecule has 0 spiro atoms. The fourth-order valence-corrected chi connectivity index (χ4v) is 2.92. The van der Waals surface area contributed by atoms with Crippen LogP contribution in [0.1, 0.15) is 34.0 Å². The normalized spacial score (nSPS) is 11.9. The largest absolute Gasteiger partial charge is 0.416 e. The Balaban J connectivity index is 2.02. The molecule has 0 saturated carbocycles. The van der Waals surface area contributed by atoms with Gasteiger partial charge in [0.25, 0.3) is 5.91 Å². The standard InChI is InChI=1S/C22H27F3N4O/c1-4-27-21(28-13-12-16-6-5-7-18(14-16)20(30)26-2)29(3)15-17-8-10-19(11-9-17)22(23,24)25/h5-11,14H,4,12-13,15H2,1-3H3,(H,26,30)(H,27,28). The van der Waals surface area contributed by atoms with Crippen LogP contribution in [-0.2, 0) is 19.1 Å². The summed E-state index contributed by atoms with van der Waals surface area (Å²) in [6, 6.07) is 12.5. The van der Waals surface area contributed by atoms with Crippen LogP contribution in [0.2, 0.25) is 0 Å². The second-order valence-corrected chi connectivity index (χ2v) is 6.82. The molecule has 0 aliphatic heterocycles. The zero-order valence-corrected chi connectivity index (χ0v) is 17.4. The van der Waals surface area contributed by atoms with E-state index in [0.717, 1.165) is 23.3 Å². The first-order valence-electron chi connectivity index (χ1n) is 9.71. The smallest absolute Gasteiger partial charge is 0.357 e. The van der Waals surface area contributed by atoms with E-state index in [1.54, 1.807) is 13.1 Å². The van der Waals surface area contributed by atoms with E-state index in [1.807, 2.05) is 37.1 Å². The quantitative estimate of drug-likeness (QED) is 0.531. The molecule has 0 atom stereocenters. The van der Waals surface area contributed by atoms with Gasteiger partial charge in [-0.3, -0.25) is 9.79 Å². The molecule has 2 N–H and O–H groups in total. The molecule has 162 valence electrons. The van der Waals surface area contributed by atoms with Crippen LogP contribution in [0.5, 0.6) is 0 Å². The fourth-order valence-electron chi connectivity index (χ4n) is 2.92. The number of amides is 1. The second-order valence-electron chi connectivity index (χ2n) is 6.82. The first kappa shape index (κ1) is 23.3. The van der Waals surface area contributed by atoms with E-state index in [0.29, 0.717) is 37.6 Å². The average Bonchev–Trinajstić information content (AvgIpc) is 2.72. The SMILES string of the molecule is CCNC(=NCCc1cccc(C(=O)NC)c1)N(C)Cc1ccc(C(F)(F)F)cc1. The maximum Gasteiger partial charge on any atom is 0.416 e. The first-order chi connectivity index (χ1) is 14.2. The topological polar surface area (TPSA) is 56.7 Å². The minimum Gasteiger partial charge on any atom is -0.357 e. The van der Waals surface area contributed by atoms with Gasteiger partial charge in [0.1, 0.15) is 0 Å². The molecule has 0 aromatic heterocycles. The van der Waals surface area contributed by atoms with Gasteiger partial charge in [-0.25, -0.2) is 0 Å². The molecule has 0 aliphatic rings. The highest BCUT2D eigenvalue weighted by Crippen LogP contribution is 2.29. The van der Waals surface area contributed by atoms with Gasteiger partial charge in [0.05, 0.1) is 5.56 Å². The van der Waals surface area contributed by atoms with Crippen LogP contribution >= 0.6 is 0 Å². The van der Waals surface area contributed by atoms with Crippen molar-refractivity contribution in [2.75, 3.05) is 27.2 Å².